The topological polar surface area (TPSA) is 56.2 Å². The van der Waals surface area contributed by atoms with Crippen molar-refractivity contribution in [3.63, 3.8) is 0 Å². The van der Waals surface area contributed by atoms with Crippen molar-refractivity contribution in [2.24, 2.45) is 0 Å². The first-order chi connectivity index (χ1) is 8.74. The predicted octanol–water partition coefficient (Wildman–Crippen LogP) is 2.16. The molecule has 0 fully saturated rings. The first kappa shape index (κ1) is 12.2. The second-order valence-corrected chi connectivity index (χ2v) is 3.74. The van der Waals surface area contributed by atoms with Gasteiger partial charge in [-0.1, -0.05) is 12.1 Å². The number of nitrogens with one attached hydrogen (secondary N) is 1. The minimum atomic E-state index is -0.205. The van der Waals surface area contributed by atoms with Crippen LogP contribution in [0.25, 0.3) is 0 Å². The number of nitrogens with zero attached hydrogens (tertiary/aromatic N) is 2. The van der Waals surface area contributed by atoms with Crippen LogP contribution in [0.1, 0.15) is 17.3 Å². The third kappa shape index (κ3) is 2.51. The van der Waals surface area contributed by atoms with Crippen LogP contribution in [0, 0.1) is 0 Å². The van der Waals surface area contributed by atoms with Crippen molar-refractivity contribution in [2.75, 3.05) is 12.4 Å². The number of rotatable bonds is 4. The van der Waals surface area contributed by atoms with Gasteiger partial charge in [0.2, 0.25) is 0 Å². The van der Waals surface area contributed by atoms with E-state index >= 15 is 0 Å². The zero-order valence-corrected chi connectivity index (χ0v) is 10.4. The molecule has 94 valence electrons. The van der Waals surface area contributed by atoms with Crippen LogP contribution in [0.15, 0.2) is 36.7 Å². The second-order valence-electron chi connectivity index (χ2n) is 3.74. The smallest absolute Gasteiger partial charge is 0.259 e. The van der Waals surface area contributed by atoms with Gasteiger partial charge >= 0.3 is 0 Å². The number of methoxy groups -OCH3 is 1. The SMILES string of the molecule is CCn1cc(NC(=O)c2ccccc2OC)cn1. The Kier molecular flexibility index (Phi) is 3.62. The number of ether oxygens (including phenoxy) is 1. The molecule has 0 aliphatic rings. The third-order valence-electron chi connectivity index (χ3n) is 2.57. The molecular weight excluding hydrogens is 230 g/mol. The van der Waals surface area contributed by atoms with Crippen molar-refractivity contribution in [2.45, 2.75) is 13.5 Å². The van der Waals surface area contributed by atoms with Crippen LogP contribution in [0.5, 0.6) is 5.75 Å². The summed E-state index contributed by atoms with van der Waals surface area (Å²) in [6.07, 6.45) is 3.41. The molecule has 0 saturated heterocycles. The summed E-state index contributed by atoms with van der Waals surface area (Å²) in [5.41, 5.74) is 1.18. The molecule has 1 aromatic carbocycles. The van der Waals surface area contributed by atoms with Gasteiger partial charge in [-0.2, -0.15) is 5.10 Å². The lowest BCUT2D eigenvalue weighted by atomic mass is 10.2. The summed E-state index contributed by atoms with van der Waals surface area (Å²) in [5, 5.41) is 6.88. The van der Waals surface area contributed by atoms with E-state index < -0.39 is 0 Å². The minimum Gasteiger partial charge on any atom is -0.496 e. The van der Waals surface area contributed by atoms with E-state index in [9.17, 15) is 4.79 Å². The Balaban J connectivity index is 2.16. The highest BCUT2D eigenvalue weighted by atomic mass is 16.5. The summed E-state index contributed by atoms with van der Waals surface area (Å²) in [6, 6.07) is 7.10. The molecule has 0 bridgehead atoms. The van der Waals surface area contributed by atoms with Gasteiger partial charge in [-0.05, 0) is 19.1 Å². The number of aromatic nitrogens is 2. The number of hydrogen-bond donors (Lipinski definition) is 1. The molecule has 1 amide bonds. The Labute approximate surface area is 105 Å². The Morgan fingerprint density at radius 3 is 2.89 bits per heavy atom. The average Bonchev–Trinajstić information content (AvgIpc) is 2.86. The van der Waals surface area contributed by atoms with Crippen molar-refractivity contribution in [3.8, 4) is 5.75 Å². The summed E-state index contributed by atoms with van der Waals surface area (Å²) in [7, 11) is 1.54. The van der Waals surface area contributed by atoms with Gasteiger partial charge in [0.05, 0.1) is 24.6 Å². The minimum absolute atomic E-state index is 0.205. The van der Waals surface area contributed by atoms with Gasteiger partial charge < -0.3 is 10.1 Å². The highest BCUT2D eigenvalue weighted by Gasteiger charge is 2.12. The molecule has 0 aliphatic carbocycles. The number of amides is 1. The zero-order valence-electron chi connectivity index (χ0n) is 10.4. The highest BCUT2D eigenvalue weighted by Crippen LogP contribution is 2.18. The summed E-state index contributed by atoms with van der Waals surface area (Å²) < 4.78 is 6.90. The molecular formula is C13H15N3O2. The molecule has 1 aromatic heterocycles. The van der Waals surface area contributed by atoms with Crippen LogP contribution in [-0.2, 0) is 6.54 Å². The number of anilines is 1. The molecule has 2 aromatic rings. The first-order valence-electron chi connectivity index (χ1n) is 5.71. The van der Waals surface area contributed by atoms with Crippen LogP contribution >= 0.6 is 0 Å². The largest absolute Gasteiger partial charge is 0.496 e. The first-order valence-corrected chi connectivity index (χ1v) is 5.71. The molecule has 1 N–H and O–H groups in total. The third-order valence-corrected chi connectivity index (χ3v) is 2.57. The molecule has 0 radical (unpaired) electrons. The standard InChI is InChI=1S/C13H15N3O2/c1-3-16-9-10(8-14-16)15-13(17)11-6-4-5-7-12(11)18-2/h4-9H,3H2,1-2H3,(H,15,17). The summed E-state index contributed by atoms with van der Waals surface area (Å²) in [4.78, 5) is 12.1. The summed E-state index contributed by atoms with van der Waals surface area (Å²) >= 11 is 0. The van der Waals surface area contributed by atoms with Gasteiger partial charge in [0, 0.05) is 12.7 Å². The fraction of sp³-hybridized carbons (Fsp3) is 0.231. The monoisotopic (exact) mass is 245 g/mol. The summed E-state index contributed by atoms with van der Waals surface area (Å²) in [6.45, 7) is 2.75. The van der Waals surface area contributed by atoms with E-state index in [1.54, 1.807) is 42.4 Å². The van der Waals surface area contributed by atoms with Gasteiger partial charge in [0.1, 0.15) is 5.75 Å². The molecule has 0 aliphatic heterocycles. The number of carbonyl (C=O) groups excluding carboxylic acids is 1. The van der Waals surface area contributed by atoms with Crippen molar-refractivity contribution >= 4 is 11.6 Å². The lowest BCUT2D eigenvalue weighted by Crippen LogP contribution is -2.12. The Bertz CT molecular complexity index is 549. The molecule has 0 unspecified atom stereocenters. The fourth-order valence-electron chi connectivity index (χ4n) is 1.63. The van der Waals surface area contributed by atoms with E-state index in [4.69, 9.17) is 4.74 Å². The molecule has 5 heteroatoms. The van der Waals surface area contributed by atoms with E-state index in [0.29, 0.717) is 17.0 Å². The van der Waals surface area contributed by atoms with Gasteiger partial charge in [-0.15, -0.1) is 0 Å². The van der Waals surface area contributed by atoms with Crippen LogP contribution in [0.2, 0.25) is 0 Å². The lowest BCUT2D eigenvalue weighted by Gasteiger charge is -2.07. The van der Waals surface area contributed by atoms with Crippen molar-refractivity contribution in [3.05, 3.63) is 42.2 Å². The van der Waals surface area contributed by atoms with Crippen molar-refractivity contribution < 1.29 is 9.53 Å². The molecule has 0 spiro atoms. The van der Waals surface area contributed by atoms with E-state index in [0.717, 1.165) is 6.54 Å². The normalized spacial score (nSPS) is 10.1. The van der Waals surface area contributed by atoms with Gasteiger partial charge in [0.15, 0.2) is 0 Å². The second kappa shape index (κ2) is 5.35. The number of benzene rings is 1. The average molecular weight is 245 g/mol. The van der Waals surface area contributed by atoms with Crippen molar-refractivity contribution in [1.29, 1.82) is 0 Å². The van der Waals surface area contributed by atoms with Gasteiger partial charge in [0.25, 0.3) is 5.91 Å². The van der Waals surface area contributed by atoms with Crippen LogP contribution in [0.4, 0.5) is 5.69 Å². The molecule has 5 nitrogen and oxygen atoms in total. The molecule has 0 atom stereocenters. The number of para-hydroxylation sites is 1. The predicted molar refractivity (Wildman–Crippen MR) is 68.8 cm³/mol. The maximum atomic E-state index is 12.1. The highest BCUT2D eigenvalue weighted by molar-refractivity contribution is 6.06. The lowest BCUT2D eigenvalue weighted by molar-refractivity contribution is 0.102. The van der Waals surface area contributed by atoms with E-state index in [-0.39, 0.29) is 5.91 Å². The maximum absolute atomic E-state index is 12.1. The molecule has 18 heavy (non-hydrogen) atoms. The quantitative estimate of drug-likeness (QED) is 0.898. The van der Waals surface area contributed by atoms with Crippen LogP contribution < -0.4 is 10.1 Å². The zero-order chi connectivity index (χ0) is 13.0. The fourth-order valence-corrected chi connectivity index (χ4v) is 1.63. The number of hydrogen-bond acceptors (Lipinski definition) is 3. The summed E-state index contributed by atoms with van der Waals surface area (Å²) in [5.74, 6) is 0.348. The van der Waals surface area contributed by atoms with Gasteiger partial charge in [-0.3, -0.25) is 9.48 Å². The Morgan fingerprint density at radius 2 is 2.22 bits per heavy atom. The number of aryl methyl sites for hydroxylation is 1. The Morgan fingerprint density at radius 1 is 1.44 bits per heavy atom. The van der Waals surface area contributed by atoms with E-state index in [2.05, 4.69) is 10.4 Å². The maximum Gasteiger partial charge on any atom is 0.259 e. The van der Waals surface area contributed by atoms with Crippen molar-refractivity contribution in [1.82, 2.24) is 9.78 Å². The molecule has 0 saturated carbocycles. The van der Waals surface area contributed by atoms with E-state index in [1.807, 2.05) is 13.0 Å². The van der Waals surface area contributed by atoms with E-state index in [1.165, 1.54) is 0 Å². The van der Waals surface area contributed by atoms with Crippen LogP contribution in [0.3, 0.4) is 0 Å². The van der Waals surface area contributed by atoms with Gasteiger partial charge in [-0.25, -0.2) is 0 Å². The molecule has 2 rings (SSSR count). The van der Waals surface area contributed by atoms with Crippen LogP contribution in [-0.4, -0.2) is 22.8 Å². The molecule has 1 heterocycles. The Hall–Kier alpha value is -2.30. The number of carbonyl (C=O) groups is 1.